The van der Waals surface area contributed by atoms with E-state index in [0.29, 0.717) is 35.7 Å². The number of aryl methyl sites for hydroxylation is 1. The molecule has 3 heterocycles. The number of pyridine rings is 1. The zero-order valence-corrected chi connectivity index (χ0v) is 23.7. The number of hydrogen-bond acceptors (Lipinski definition) is 5. The van der Waals surface area contributed by atoms with Crippen molar-refractivity contribution >= 4 is 22.5 Å². The summed E-state index contributed by atoms with van der Waals surface area (Å²) < 4.78 is 7.70. The standard InChI is InChI=1S/C32H36N6O3/c1-4-22-8-7-9-23(14-22)20-38-21-25(18-34-38)31(39)35-26-17-28(32(40)33-19-26)30-16-24-15-27(10-11-29(24)36-30)41-13-12-37(5-2)6-3/h7-11,14-19,21,36H,4-6,12-13,20H2,1-3H3,(H,33,40)(H,35,39). The second kappa shape index (κ2) is 12.7. The van der Waals surface area contributed by atoms with Gasteiger partial charge in [0, 0.05) is 29.8 Å². The highest BCUT2D eigenvalue weighted by Crippen LogP contribution is 2.27. The Morgan fingerprint density at radius 3 is 2.68 bits per heavy atom. The van der Waals surface area contributed by atoms with E-state index in [2.05, 4.69) is 58.2 Å². The second-order valence-electron chi connectivity index (χ2n) is 9.99. The maximum atomic E-state index is 13.0. The van der Waals surface area contributed by atoms with Gasteiger partial charge in [-0.3, -0.25) is 14.3 Å². The van der Waals surface area contributed by atoms with E-state index in [4.69, 9.17) is 4.74 Å². The fourth-order valence-corrected chi connectivity index (χ4v) is 4.84. The third-order valence-corrected chi connectivity index (χ3v) is 7.25. The lowest BCUT2D eigenvalue weighted by molar-refractivity contribution is 0.102. The summed E-state index contributed by atoms with van der Waals surface area (Å²) in [5.41, 5.74) is 5.01. The molecule has 9 heteroatoms. The smallest absolute Gasteiger partial charge is 0.258 e. The van der Waals surface area contributed by atoms with Crippen LogP contribution in [0.4, 0.5) is 5.69 Å². The van der Waals surface area contributed by atoms with E-state index in [9.17, 15) is 9.59 Å². The zero-order valence-electron chi connectivity index (χ0n) is 23.7. The minimum Gasteiger partial charge on any atom is -0.492 e. The molecule has 0 saturated carbocycles. The maximum absolute atomic E-state index is 13.0. The number of hydrogen-bond donors (Lipinski definition) is 3. The molecule has 2 aromatic carbocycles. The van der Waals surface area contributed by atoms with Crippen molar-refractivity contribution < 1.29 is 9.53 Å². The van der Waals surface area contributed by atoms with Crippen molar-refractivity contribution in [3.63, 3.8) is 0 Å². The normalized spacial score (nSPS) is 11.3. The van der Waals surface area contributed by atoms with Gasteiger partial charge in [0.25, 0.3) is 11.5 Å². The van der Waals surface area contributed by atoms with Crippen molar-refractivity contribution in [3.8, 4) is 17.0 Å². The first-order valence-electron chi connectivity index (χ1n) is 14.1. The highest BCUT2D eigenvalue weighted by Gasteiger charge is 2.13. The fourth-order valence-electron chi connectivity index (χ4n) is 4.84. The molecule has 0 aliphatic carbocycles. The van der Waals surface area contributed by atoms with E-state index in [0.717, 1.165) is 48.3 Å². The molecule has 0 atom stereocenters. The van der Waals surface area contributed by atoms with Crippen molar-refractivity contribution in [2.45, 2.75) is 33.7 Å². The third-order valence-electron chi connectivity index (χ3n) is 7.25. The first kappa shape index (κ1) is 27.9. The van der Waals surface area contributed by atoms with Gasteiger partial charge in [0.2, 0.25) is 0 Å². The SMILES string of the molecule is CCc1cccc(Cn2cc(C(=O)Nc3c[nH]c(=O)c(-c4cc5cc(OCCN(CC)CC)ccc5[nH]4)c3)cn2)c1. The summed E-state index contributed by atoms with van der Waals surface area (Å²) in [6, 6.07) is 17.8. The van der Waals surface area contributed by atoms with Crippen LogP contribution in [-0.2, 0) is 13.0 Å². The van der Waals surface area contributed by atoms with E-state index >= 15 is 0 Å². The molecule has 3 aromatic heterocycles. The highest BCUT2D eigenvalue weighted by atomic mass is 16.5. The first-order valence-corrected chi connectivity index (χ1v) is 14.1. The molecule has 0 saturated heterocycles. The predicted molar refractivity (Wildman–Crippen MR) is 163 cm³/mol. The lowest BCUT2D eigenvalue weighted by Crippen LogP contribution is -2.27. The van der Waals surface area contributed by atoms with Gasteiger partial charge >= 0.3 is 0 Å². The van der Waals surface area contributed by atoms with Crippen LogP contribution in [0.5, 0.6) is 5.75 Å². The van der Waals surface area contributed by atoms with Crippen molar-refractivity contribution in [2.24, 2.45) is 0 Å². The molecular weight excluding hydrogens is 516 g/mol. The Bertz CT molecular complexity index is 1700. The minimum absolute atomic E-state index is 0.257. The Kier molecular flexibility index (Phi) is 8.64. The van der Waals surface area contributed by atoms with Gasteiger partial charge in [-0.1, -0.05) is 45.0 Å². The van der Waals surface area contributed by atoms with Gasteiger partial charge < -0.3 is 24.9 Å². The number of rotatable bonds is 12. The number of carbonyl (C=O) groups is 1. The Morgan fingerprint density at radius 1 is 1.05 bits per heavy atom. The quantitative estimate of drug-likeness (QED) is 0.195. The predicted octanol–water partition coefficient (Wildman–Crippen LogP) is 5.30. The lowest BCUT2D eigenvalue weighted by atomic mass is 10.1. The van der Waals surface area contributed by atoms with Crippen LogP contribution in [0.1, 0.15) is 42.3 Å². The number of carbonyl (C=O) groups excluding carboxylic acids is 1. The Hall–Kier alpha value is -4.63. The van der Waals surface area contributed by atoms with Gasteiger partial charge in [0.15, 0.2) is 0 Å². The molecule has 0 spiro atoms. The van der Waals surface area contributed by atoms with Crippen LogP contribution in [0.15, 0.2) is 78.0 Å². The molecule has 1 amide bonds. The van der Waals surface area contributed by atoms with Gasteiger partial charge in [-0.2, -0.15) is 5.10 Å². The summed E-state index contributed by atoms with van der Waals surface area (Å²) in [6.45, 7) is 10.4. The molecule has 212 valence electrons. The lowest BCUT2D eigenvalue weighted by Gasteiger charge is -2.17. The van der Waals surface area contributed by atoms with Crippen molar-refractivity contribution in [3.05, 3.63) is 100 Å². The summed E-state index contributed by atoms with van der Waals surface area (Å²) in [6.07, 6.45) is 5.73. The van der Waals surface area contributed by atoms with Crippen molar-refractivity contribution in [1.82, 2.24) is 24.6 Å². The minimum atomic E-state index is -0.306. The van der Waals surface area contributed by atoms with E-state index in [1.54, 1.807) is 23.1 Å². The molecule has 0 aliphatic heterocycles. The van der Waals surface area contributed by atoms with E-state index in [-0.39, 0.29) is 11.5 Å². The van der Waals surface area contributed by atoms with Crippen LogP contribution >= 0.6 is 0 Å². The Balaban J connectivity index is 1.27. The van der Waals surface area contributed by atoms with E-state index in [1.807, 2.05) is 36.4 Å². The Morgan fingerprint density at radius 2 is 1.88 bits per heavy atom. The van der Waals surface area contributed by atoms with E-state index in [1.165, 1.54) is 11.8 Å². The Labute approximate surface area is 239 Å². The number of aromatic nitrogens is 4. The fraction of sp³-hybridized carbons (Fsp3) is 0.281. The summed E-state index contributed by atoms with van der Waals surface area (Å²) in [5.74, 6) is 0.475. The molecule has 0 radical (unpaired) electrons. The number of amides is 1. The van der Waals surface area contributed by atoms with Gasteiger partial charge in [0.05, 0.1) is 35.2 Å². The van der Waals surface area contributed by atoms with Gasteiger partial charge in [-0.05, 0) is 61.0 Å². The van der Waals surface area contributed by atoms with Crippen LogP contribution in [0.2, 0.25) is 0 Å². The molecule has 0 aliphatic rings. The summed E-state index contributed by atoms with van der Waals surface area (Å²) in [4.78, 5) is 34.1. The zero-order chi connectivity index (χ0) is 28.8. The number of nitrogens with one attached hydrogen (secondary N) is 3. The number of fused-ring (bicyclic) bond motifs is 1. The number of nitrogens with zero attached hydrogens (tertiary/aromatic N) is 3. The number of H-pyrrole nitrogens is 2. The van der Waals surface area contributed by atoms with Crippen molar-refractivity contribution in [2.75, 3.05) is 31.6 Å². The van der Waals surface area contributed by atoms with Crippen LogP contribution in [0.25, 0.3) is 22.2 Å². The summed E-state index contributed by atoms with van der Waals surface area (Å²) in [7, 11) is 0. The van der Waals surface area contributed by atoms with Crippen LogP contribution in [-0.4, -0.2) is 56.8 Å². The molecule has 5 rings (SSSR count). The molecule has 3 N–H and O–H groups in total. The first-order chi connectivity index (χ1) is 19.9. The number of anilines is 1. The topological polar surface area (TPSA) is 108 Å². The average Bonchev–Trinajstić information content (AvgIpc) is 3.63. The summed E-state index contributed by atoms with van der Waals surface area (Å²) >= 11 is 0. The van der Waals surface area contributed by atoms with Crippen LogP contribution in [0, 0.1) is 0 Å². The number of aromatic amines is 2. The van der Waals surface area contributed by atoms with Crippen LogP contribution in [0.3, 0.4) is 0 Å². The third kappa shape index (κ3) is 6.75. The number of benzene rings is 2. The summed E-state index contributed by atoms with van der Waals surface area (Å²) in [5, 5.41) is 8.17. The molecule has 0 bridgehead atoms. The number of ether oxygens (including phenoxy) is 1. The number of likely N-dealkylation sites (N-methyl/N-ethyl adjacent to an activating group) is 1. The second-order valence-corrected chi connectivity index (χ2v) is 9.99. The largest absolute Gasteiger partial charge is 0.492 e. The van der Waals surface area contributed by atoms with Gasteiger partial charge in [-0.15, -0.1) is 0 Å². The van der Waals surface area contributed by atoms with Crippen molar-refractivity contribution in [1.29, 1.82) is 0 Å². The molecule has 5 aromatic rings. The molecule has 0 fully saturated rings. The average molecular weight is 553 g/mol. The highest BCUT2D eigenvalue weighted by molar-refractivity contribution is 6.04. The van der Waals surface area contributed by atoms with Gasteiger partial charge in [-0.25, -0.2) is 0 Å². The molecule has 0 unspecified atom stereocenters. The molecule has 9 nitrogen and oxygen atoms in total. The monoisotopic (exact) mass is 552 g/mol. The molecule has 41 heavy (non-hydrogen) atoms. The van der Waals surface area contributed by atoms with E-state index < -0.39 is 0 Å². The van der Waals surface area contributed by atoms with Gasteiger partial charge in [0.1, 0.15) is 12.4 Å². The van der Waals surface area contributed by atoms with Crippen LogP contribution < -0.4 is 15.6 Å². The maximum Gasteiger partial charge on any atom is 0.258 e. The molecular formula is C32H36N6O3.